The molecule has 5 heterocycles. The van der Waals surface area contributed by atoms with Gasteiger partial charge in [0.15, 0.2) is 0 Å². The van der Waals surface area contributed by atoms with Gasteiger partial charge in [-0.2, -0.15) is 0 Å². The molecule has 0 saturated carbocycles. The Labute approximate surface area is 325 Å². The van der Waals surface area contributed by atoms with Crippen LogP contribution in [0.4, 0.5) is 17.1 Å². The monoisotopic (exact) mass is 726 g/mol. The van der Waals surface area contributed by atoms with Crippen LogP contribution in [0.5, 0.6) is 0 Å². The molecule has 0 spiro atoms. The van der Waals surface area contributed by atoms with Crippen LogP contribution in [-0.4, -0.2) is 18.0 Å². The summed E-state index contributed by atoms with van der Waals surface area (Å²) < 4.78 is 2.72. The number of aromatic nitrogens is 1. The van der Waals surface area contributed by atoms with E-state index in [0.717, 1.165) is 6.42 Å². The van der Waals surface area contributed by atoms with E-state index < -0.39 is 0 Å². The maximum atomic E-state index is 2.72. The molecule has 0 amide bonds. The fourth-order valence-corrected chi connectivity index (χ4v) is 12.9. The number of nitrogens with zero attached hydrogens (tertiary/aromatic N) is 2. The number of fused-ring (bicyclic) bond motifs is 7. The molecule has 0 bridgehead atoms. The number of para-hydroxylation sites is 4. The van der Waals surface area contributed by atoms with Crippen molar-refractivity contribution >= 4 is 109 Å². The minimum atomic E-state index is 0.173. The molecule has 1 aromatic heterocycles. The van der Waals surface area contributed by atoms with Gasteiger partial charge in [0.05, 0.1) is 0 Å². The zero-order chi connectivity index (χ0) is 35.5. The van der Waals surface area contributed by atoms with Crippen LogP contribution in [-0.2, 0) is 6.42 Å². The summed E-state index contributed by atoms with van der Waals surface area (Å²) in [5.74, 6) is 0. The second kappa shape index (κ2) is 12.0. The third-order valence-electron chi connectivity index (χ3n) is 12.4. The van der Waals surface area contributed by atoms with Crippen molar-refractivity contribution < 1.29 is 0 Å². The van der Waals surface area contributed by atoms with Crippen LogP contribution in [0.1, 0.15) is 38.2 Å². The number of anilines is 3. The normalized spacial score (nSPS) is 13.8. The maximum Gasteiger partial charge on any atom is 0.249 e. The highest BCUT2D eigenvalue weighted by molar-refractivity contribution is 8.01. The number of benzene rings is 7. The largest absolute Gasteiger partial charge is 0.311 e. The van der Waals surface area contributed by atoms with Gasteiger partial charge in [0.2, 0.25) is 13.4 Å². The van der Waals surface area contributed by atoms with Gasteiger partial charge in [-0.05, 0) is 82.7 Å². The Balaban J connectivity index is 1.17. The van der Waals surface area contributed by atoms with Gasteiger partial charge >= 0.3 is 0 Å². The molecule has 6 heteroatoms. The fraction of sp³-hybridized carbons (Fsp3) is 0.125. The van der Waals surface area contributed by atoms with Crippen molar-refractivity contribution in [3.05, 3.63) is 145 Å². The SMILES string of the molecule is CCCCCCc1c2c3c4c5c1Sc1cc(N(c6ccccc6)c6ccccc6)ccc1B5c1cccc5c6cccc(c6n-4c15)B3c1ccccc1S2. The predicted octanol–water partition coefficient (Wildman–Crippen LogP) is 8.96. The van der Waals surface area contributed by atoms with Gasteiger partial charge in [0, 0.05) is 64.1 Å². The molecule has 4 aliphatic rings. The first-order valence-corrected chi connectivity index (χ1v) is 21.2. The third-order valence-corrected chi connectivity index (χ3v) is 14.9. The van der Waals surface area contributed by atoms with E-state index in [1.807, 2.05) is 23.5 Å². The van der Waals surface area contributed by atoms with E-state index in [9.17, 15) is 0 Å². The highest BCUT2D eigenvalue weighted by Crippen LogP contribution is 2.47. The maximum absolute atomic E-state index is 2.72. The van der Waals surface area contributed by atoms with E-state index in [0.29, 0.717) is 0 Å². The summed E-state index contributed by atoms with van der Waals surface area (Å²) in [6, 6.07) is 52.5. The van der Waals surface area contributed by atoms with E-state index in [1.54, 1.807) is 16.5 Å². The summed E-state index contributed by atoms with van der Waals surface area (Å²) in [4.78, 5) is 8.23. The average molecular weight is 727 g/mol. The molecule has 0 atom stereocenters. The molecule has 54 heavy (non-hydrogen) atoms. The molecule has 0 radical (unpaired) electrons. The highest BCUT2D eigenvalue weighted by atomic mass is 32.2. The lowest BCUT2D eigenvalue weighted by molar-refractivity contribution is 0.660. The van der Waals surface area contributed by atoms with Crippen molar-refractivity contribution in [1.82, 2.24) is 4.57 Å². The molecule has 0 saturated heterocycles. The average Bonchev–Trinajstić information content (AvgIpc) is 3.57. The van der Waals surface area contributed by atoms with Crippen molar-refractivity contribution in [2.75, 3.05) is 4.90 Å². The summed E-state index contributed by atoms with van der Waals surface area (Å²) in [7, 11) is 0. The van der Waals surface area contributed by atoms with Crippen LogP contribution >= 0.6 is 23.5 Å². The van der Waals surface area contributed by atoms with Crippen LogP contribution < -0.4 is 37.7 Å². The summed E-state index contributed by atoms with van der Waals surface area (Å²) in [6.07, 6.45) is 6.14. The van der Waals surface area contributed by atoms with Crippen LogP contribution in [0.3, 0.4) is 0 Å². The number of hydrogen-bond donors (Lipinski definition) is 0. The van der Waals surface area contributed by atoms with Crippen molar-refractivity contribution in [3.63, 3.8) is 0 Å². The molecule has 7 aromatic carbocycles. The van der Waals surface area contributed by atoms with Crippen LogP contribution in [0.2, 0.25) is 0 Å². The van der Waals surface area contributed by atoms with Gasteiger partial charge in [-0.25, -0.2) is 0 Å². The second-order valence-electron chi connectivity index (χ2n) is 15.3. The Kier molecular flexibility index (Phi) is 6.95. The molecule has 0 aliphatic carbocycles. The standard InChI is InChI=1S/C48H36B2N2S2/c1-2-3-4-11-20-35-47-42-46-43-48(35)54-41-29-32(51(30-16-7-5-8-17-30)31-18-9-6-10-19-31)27-28-37(41)50(43)39-25-15-22-34-33-21-14-24-38(44(33)52(46)45(34)39)49(42)36-23-12-13-26-40(36)53-47/h5-10,12-19,21-29H,2-4,11,20H2,1H3. The van der Waals surface area contributed by atoms with E-state index in [4.69, 9.17) is 0 Å². The topological polar surface area (TPSA) is 8.17 Å². The summed E-state index contributed by atoms with van der Waals surface area (Å²) in [6.45, 7) is 2.73. The molecule has 0 fully saturated rings. The smallest absolute Gasteiger partial charge is 0.249 e. The Hall–Kier alpha value is -5.03. The fourth-order valence-electron chi connectivity index (χ4n) is 10.2. The number of rotatable bonds is 8. The van der Waals surface area contributed by atoms with E-state index in [2.05, 4.69) is 156 Å². The first-order chi connectivity index (χ1) is 26.8. The lowest BCUT2D eigenvalue weighted by Gasteiger charge is -2.42. The van der Waals surface area contributed by atoms with Gasteiger partial charge in [0.25, 0.3) is 0 Å². The Bertz CT molecular complexity index is 2810. The molecule has 12 rings (SSSR count). The first-order valence-electron chi connectivity index (χ1n) is 19.6. The molecule has 0 N–H and O–H groups in total. The molecular formula is C48H36B2N2S2. The number of hydrogen-bond acceptors (Lipinski definition) is 3. The van der Waals surface area contributed by atoms with Gasteiger partial charge in [-0.3, -0.25) is 0 Å². The summed E-state index contributed by atoms with van der Waals surface area (Å²) in [5, 5.41) is 2.76. The zero-order valence-electron chi connectivity index (χ0n) is 30.2. The van der Waals surface area contributed by atoms with Crippen molar-refractivity contribution in [3.8, 4) is 5.69 Å². The minimum Gasteiger partial charge on any atom is -0.311 e. The van der Waals surface area contributed by atoms with Crippen LogP contribution in [0.15, 0.2) is 159 Å². The first kappa shape index (κ1) is 31.3. The summed E-state index contributed by atoms with van der Waals surface area (Å²) in [5.41, 5.74) is 18.3. The van der Waals surface area contributed by atoms with Gasteiger partial charge in [0.1, 0.15) is 0 Å². The van der Waals surface area contributed by atoms with Crippen molar-refractivity contribution in [2.24, 2.45) is 0 Å². The lowest BCUT2D eigenvalue weighted by atomic mass is 9.31. The van der Waals surface area contributed by atoms with E-state index >= 15 is 0 Å². The molecule has 0 unspecified atom stereocenters. The Morgan fingerprint density at radius 2 is 1.09 bits per heavy atom. The molecule has 2 nitrogen and oxygen atoms in total. The summed E-state index contributed by atoms with van der Waals surface area (Å²) >= 11 is 4.09. The second-order valence-corrected chi connectivity index (χ2v) is 17.4. The van der Waals surface area contributed by atoms with Crippen molar-refractivity contribution in [2.45, 2.75) is 58.6 Å². The quantitative estimate of drug-likeness (QED) is 0.114. The Morgan fingerprint density at radius 3 is 1.74 bits per heavy atom. The highest BCUT2D eigenvalue weighted by Gasteiger charge is 2.48. The van der Waals surface area contributed by atoms with Gasteiger partial charge in [-0.15, -0.1) is 0 Å². The van der Waals surface area contributed by atoms with E-state index in [1.165, 1.54) is 112 Å². The molecule has 4 aliphatic heterocycles. The van der Waals surface area contributed by atoms with Crippen LogP contribution in [0.25, 0.3) is 27.5 Å². The predicted molar refractivity (Wildman–Crippen MR) is 234 cm³/mol. The van der Waals surface area contributed by atoms with Crippen LogP contribution in [0, 0.1) is 0 Å². The van der Waals surface area contributed by atoms with Crippen molar-refractivity contribution in [1.29, 1.82) is 0 Å². The minimum absolute atomic E-state index is 0.173. The number of unbranched alkanes of at least 4 members (excludes halogenated alkanes) is 3. The van der Waals surface area contributed by atoms with Gasteiger partial charge in [-0.1, -0.05) is 158 Å². The lowest BCUT2D eigenvalue weighted by Crippen LogP contribution is -2.66. The van der Waals surface area contributed by atoms with Gasteiger partial charge < -0.3 is 9.47 Å². The molecular weight excluding hydrogens is 690 g/mol. The molecule has 8 aromatic rings. The van der Waals surface area contributed by atoms with E-state index in [-0.39, 0.29) is 13.4 Å². The third kappa shape index (κ3) is 4.24. The molecule has 256 valence electrons. The Morgan fingerprint density at radius 1 is 0.519 bits per heavy atom. The zero-order valence-corrected chi connectivity index (χ0v) is 31.8.